The monoisotopic (exact) mass is 251 g/mol. The van der Waals surface area contributed by atoms with Gasteiger partial charge in [0.15, 0.2) is 0 Å². The first-order valence-electron chi connectivity index (χ1n) is 6.15. The van der Waals surface area contributed by atoms with E-state index in [1.165, 1.54) is 17.9 Å². The van der Waals surface area contributed by atoms with Gasteiger partial charge < -0.3 is 5.11 Å². The van der Waals surface area contributed by atoms with Gasteiger partial charge in [0, 0.05) is 18.3 Å². The molecule has 2 nitrogen and oxygen atoms in total. The molecule has 0 bridgehead atoms. The van der Waals surface area contributed by atoms with Gasteiger partial charge in [-0.2, -0.15) is 11.8 Å². The van der Waals surface area contributed by atoms with Crippen LogP contribution in [0.3, 0.4) is 0 Å². The van der Waals surface area contributed by atoms with Gasteiger partial charge in [-0.15, -0.1) is 0 Å². The van der Waals surface area contributed by atoms with Crippen molar-refractivity contribution >= 4 is 11.8 Å². The van der Waals surface area contributed by atoms with Crippen LogP contribution in [0.5, 0.6) is 0 Å². The van der Waals surface area contributed by atoms with Crippen molar-refractivity contribution in [1.82, 2.24) is 4.90 Å². The van der Waals surface area contributed by atoms with Crippen LogP contribution in [0.15, 0.2) is 30.3 Å². The summed E-state index contributed by atoms with van der Waals surface area (Å²) in [6.45, 7) is 2.60. The molecule has 0 aromatic heterocycles. The van der Waals surface area contributed by atoms with Crippen molar-refractivity contribution < 1.29 is 5.11 Å². The average molecular weight is 251 g/mol. The Kier molecular flexibility index (Phi) is 4.13. The highest BCUT2D eigenvalue weighted by atomic mass is 32.2. The molecule has 1 fully saturated rings. The predicted octanol–water partition coefficient (Wildman–Crippen LogP) is 2.33. The SMILES string of the molecule is CN(CC(C)(O)c1ccccc1)C1CCSC1. The van der Waals surface area contributed by atoms with Crippen molar-refractivity contribution in [3.63, 3.8) is 0 Å². The van der Waals surface area contributed by atoms with E-state index in [0.29, 0.717) is 12.6 Å². The molecule has 0 amide bonds. The van der Waals surface area contributed by atoms with Crippen LogP contribution in [-0.2, 0) is 5.60 Å². The summed E-state index contributed by atoms with van der Waals surface area (Å²) in [6.07, 6.45) is 1.24. The second-order valence-electron chi connectivity index (χ2n) is 5.07. The first-order valence-corrected chi connectivity index (χ1v) is 7.31. The summed E-state index contributed by atoms with van der Waals surface area (Å²) in [5, 5.41) is 10.6. The molecule has 17 heavy (non-hydrogen) atoms. The minimum atomic E-state index is -0.761. The second-order valence-corrected chi connectivity index (χ2v) is 6.22. The Labute approximate surface area is 108 Å². The Hall–Kier alpha value is -0.510. The molecule has 1 heterocycles. The molecule has 1 aliphatic heterocycles. The fourth-order valence-corrected chi connectivity index (χ4v) is 3.67. The lowest BCUT2D eigenvalue weighted by Crippen LogP contribution is -2.42. The van der Waals surface area contributed by atoms with E-state index in [1.807, 2.05) is 49.0 Å². The van der Waals surface area contributed by atoms with Crippen LogP contribution < -0.4 is 0 Å². The van der Waals surface area contributed by atoms with Crippen LogP contribution in [-0.4, -0.2) is 41.1 Å². The summed E-state index contributed by atoms with van der Waals surface area (Å²) in [5.74, 6) is 2.45. The van der Waals surface area contributed by atoms with Crippen molar-refractivity contribution in [1.29, 1.82) is 0 Å². The number of thioether (sulfide) groups is 1. The molecule has 2 rings (SSSR count). The number of hydrogen-bond acceptors (Lipinski definition) is 3. The summed E-state index contributed by atoms with van der Waals surface area (Å²) < 4.78 is 0. The van der Waals surface area contributed by atoms with Crippen LogP contribution in [0.4, 0.5) is 0 Å². The summed E-state index contributed by atoms with van der Waals surface area (Å²) in [4.78, 5) is 2.30. The topological polar surface area (TPSA) is 23.5 Å². The van der Waals surface area contributed by atoms with E-state index in [9.17, 15) is 5.11 Å². The molecule has 0 saturated carbocycles. The first-order chi connectivity index (χ1) is 8.09. The van der Waals surface area contributed by atoms with Gasteiger partial charge in [-0.1, -0.05) is 30.3 Å². The highest BCUT2D eigenvalue weighted by molar-refractivity contribution is 7.99. The molecule has 2 unspecified atom stereocenters. The van der Waals surface area contributed by atoms with Crippen molar-refractivity contribution in [3.8, 4) is 0 Å². The number of hydrogen-bond donors (Lipinski definition) is 1. The normalized spacial score (nSPS) is 23.9. The van der Waals surface area contributed by atoms with E-state index in [1.54, 1.807) is 0 Å². The first kappa shape index (κ1) is 12.9. The lowest BCUT2D eigenvalue weighted by molar-refractivity contribution is 0.0143. The number of aliphatic hydroxyl groups is 1. The molecule has 2 atom stereocenters. The standard InChI is InChI=1S/C14H21NOS/c1-14(16,12-6-4-3-5-7-12)11-15(2)13-8-9-17-10-13/h3-7,13,16H,8-11H2,1-2H3. The van der Waals surface area contributed by atoms with Gasteiger partial charge in [0.25, 0.3) is 0 Å². The number of benzene rings is 1. The zero-order chi connectivity index (χ0) is 12.3. The van der Waals surface area contributed by atoms with Crippen LogP contribution in [0.1, 0.15) is 18.9 Å². The van der Waals surface area contributed by atoms with Crippen LogP contribution in [0.25, 0.3) is 0 Å². The minimum Gasteiger partial charge on any atom is -0.384 e. The van der Waals surface area contributed by atoms with Crippen molar-refractivity contribution in [2.75, 3.05) is 25.1 Å². The number of rotatable bonds is 4. The Balaban J connectivity index is 2.01. The van der Waals surface area contributed by atoms with E-state index in [2.05, 4.69) is 11.9 Å². The third-order valence-corrected chi connectivity index (χ3v) is 4.63. The molecule has 1 aliphatic rings. The summed E-state index contributed by atoms with van der Waals surface area (Å²) in [6, 6.07) is 10.6. The Morgan fingerprint density at radius 2 is 2.12 bits per heavy atom. The Bertz CT molecular complexity index is 346. The quantitative estimate of drug-likeness (QED) is 0.888. The maximum absolute atomic E-state index is 10.6. The van der Waals surface area contributed by atoms with E-state index in [4.69, 9.17) is 0 Å². The summed E-state index contributed by atoms with van der Waals surface area (Å²) in [7, 11) is 2.12. The average Bonchev–Trinajstić information content (AvgIpc) is 2.83. The van der Waals surface area contributed by atoms with E-state index < -0.39 is 5.60 Å². The van der Waals surface area contributed by atoms with Gasteiger partial charge in [0.2, 0.25) is 0 Å². The van der Waals surface area contributed by atoms with Crippen LogP contribution in [0, 0.1) is 0 Å². The molecule has 1 saturated heterocycles. The molecular formula is C14H21NOS. The minimum absolute atomic E-state index is 0.621. The lowest BCUT2D eigenvalue weighted by Gasteiger charge is -2.32. The van der Waals surface area contributed by atoms with Crippen molar-refractivity contribution in [3.05, 3.63) is 35.9 Å². The molecule has 1 N–H and O–H groups in total. The van der Waals surface area contributed by atoms with E-state index in [-0.39, 0.29) is 0 Å². The molecule has 0 aliphatic carbocycles. The van der Waals surface area contributed by atoms with Gasteiger partial charge in [-0.3, -0.25) is 4.90 Å². The van der Waals surface area contributed by atoms with Crippen molar-refractivity contribution in [2.45, 2.75) is 25.0 Å². The zero-order valence-corrected chi connectivity index (χ0v) is 11.4. The number of likely N-dealkylation sites (N-methyl/N-ethyl adjacent to an activating group) is 1. The smallest absolute Gasteiger partial charge is 0.0994 e. The van der Waals surface area contributed by atoms with Gasteiger partial charge >= 0.3 is 0 Å². The maximum Gasteiger partial charge on any atom is 0.0994 e. The molecular weight excluding hydrogens is 230 g/mol. The van der Waals surface area contributed by atoms with Crippen molar-refractivity contribution in [2.24, 2.45) is 0 Å². The number of nitrogens with zero attached hydrogens (tertiary/aromatic N) is 1. The van der Waals surface area contributed by atoms with Gasteiger partial charge in [0.1, 0.15) is 0 Å². The fourth-order valence-electron chi connectivity index (χ4n) is 2.37. The molecule has 0 spiro atoms. The third-order valence-electron chi connectivity index (χ3n) is 3.48. The molecule has 3 heteroatoms. The summed E-state index contributed by atoms with van der Waals surface area (Å²) >= 11 is 2.01. The molecule has 1 aromatic rings. The zero-order valence-electron chi connectivity index (χ0n) is 10.6. The Morgan fingerprint density at radius 1 is 1.41 bits per heavy atom. The largest absolute Gasteiger partial charge is 0.384 e. The predicted molar refractivity (Wildman–Crippen MR) is 74.4 cm³/mol. The van der Waals surface area contributed by atoms with E-state index >= 15 is 0 Å². The maximum atomic E-state index is 10.6. The summed E-state index contributed by atoms with van der Waals surface area (Å²) in [5.41, 5.74) is 0.237. The molecule has 94 valence electrons. The van der Waals surface area contributed by atoms with Gasteiger partial charge in [-0.05, 0) is 31.7 Å². The van der Waals surface area contributed by atoms with Crippen LogP contribution in [0.2, 0.25) is 0 Å². The third kappa shape index (κ3) is 3.24. The van der Waals surface area contributed by atoms with Gasteiger partial charge in [0.05, 0.1) is 5.60 Å². The highest BCUT2D eigenvalue weighted by Gasteiger charge is 2.29. The molecule has 0 radical (unpaired) electrons. The lowest BCUT2D eigenvalue weighted by atomic mass is 9.95. The van der Waals surface area contributed by atoms with E-state index in [0.717, 1.165) is 5.56 Å². The van der Waals surface area contributed by atoms with Crippen LogP contribution >= 0.6 is 11.8 Å². The highest BCUT2D eigenvalue weighted by Crippen LogP contribution is 2.26. The van der Waals surface area contributed by atoms with Gasteiger partial charge in [-0.25, -0.2) is 0 Å². The second kappa shape index (κ2) is 5.42. The Morgan fingerprint density at radius 3 is 2.71 bits per heavy atom. The molecule has 1 aromatic carbocycles. The fraction of sp³-hybridized carbons (Fsp3) is 0.571.